The van der Waals surface area contributed by atoms with Crippen LogP contribution in [0.25, 0.3) is 0 Å². The number of rotatable bonds is 9. The molecule has 0 amide bonds. The van der Waals surface area contributed by atoms with E-state index in [-0.39, 0.29) is 19.5 Å². The van der Waals surface area contributed by atoms with Gasteiger partial charge in [0.1, 0.15) is 23.7 Å². The molecule has 0 aromatic rings. The van der Waals surface area contributed by atoms with E-state index in [4.69, 9.17) is 28.4 Å². The third kappa shape index (κ3) is 6.38. The highest BCUT2D eigenvalue weighted by atomic mass is 16.7. The normalized spacial score (nSPS) is 27.7. The zero-order valence-corrected chi connectivity index (χ0v) is 20.5. The summed E-state index contributed by atoms with van der Waals surface area (Å²) in [5, 5.41) is 0. The largest absolute Gasteiger partial charge is 0.472 e. The molecule has 34 heavy (non-hydrogen) atoms. The van der Waals surface area contributed by atoms with E-state index in [1.807, 2.05) is 0 Å². The Hall–Kier alpha value is -2.40. The summed E-state index contributed by atoms with van der Waals surface area (Å²) in [6, 6.07) is 0. The van der Waals surface area contributed by atoms with E-state index < -0.39 is 5.60 Å². The van der Waals surface area contributed by atoms with Gasteiger partial charge in [-0.3, -0.25) is 4.90 Å². The van der Waals surface area contributed by atoms with Crippen molar-refractivity contribution in [1.82, 2.24) is 4.90 Å². The summed E-state index contributed by atoms with van der Waals surface area (Å²) < 4.78 is 33.6. The molecule has 3 aliphatic heterocycles. The first kappa shape index (κ1) is 24.7. The lowest BCUT2D eigenvalue weighted by molar-refractivity contribution is -0.0137. The van der Waals surface area contributed by atoms with Gasteiger partial charge in [0, 0.05) is 38.4 Å². The van der Waals surface area contributed by atoms with E-state index in [1.165, 1.54) is 5.57 Å². The highest BCUT2D eigenvalue weighted by molar-refractivity contribution is 5.29. The predicted octanol–water partition coefficient (Wildman–Crippen LogP) is 4.45. The van der Waals surface area contributed by atoms with Crippen molar-refractivity contribution in [3.8, 4) is 11.8 Å². The fourth-order valence-corrected chi connectivity index (χ4v) is 4.88. The summed E-state index contributed by atoms with van der Waals surface area (Å²) >= 11 is 0. The molecule has 0 radical (unpaired) electrons. The second-order valence-corrected chi connectivity index (χ2v) is 9.60. The van der Waals surface area contributed by atoms with Gasteiger partial charge in [-0.2, -0.15) is 0 Å². The predicted molar refractivity (Wildman–Crippen MR) is 128 cm³/mol. The highest BCUT2D eigenvalue weighted by Gasteiger charge is 2.38. The van der Waals surface area contributed by atoms with Crippen molar-refractivity contribution < 1.29 is 28.4 Å². The van der Waals surface area contributed by atoms with Crippen LogP contribution in [0.2, 0.25) is 0 Å². The standard InChI is InChI=1S/C27H37NO6/c1-5-22(13-27(4)21(3)31-19-34-27)14-28(15-23-7-6-10-29-17-30-20(2)11-23)16-24-8-9-25-26(12-24)33-18-32-25/h12,22-23H,2-3,5,8-11,13-19H2,1,4H3. The number of allylic oxidation sites excluding steroid dienone is 3. The summed E-state index contributed by atoms with van der Waals surface area (Å²) in [7, 11) is 0. The minimum atomic E-state index is -0.442. The molecule has 4 rings (SSSR count). The van der Waals surface area contributed by atoms with E-state index in [0.717, 1.165) is 68.4 Å². The summed E-state index contributed by atoms with van der Waals surface area (Å²) in [6.45, 7) is 16.2. The minimum absolute atomic E-state index is 0.119. The van der Waals surface area contributed by atoms with Crippen LogP contribution < -0.4 is 0 Å². The highest BCUT2D eigenvalue weighted by Crippen LogP contribution is 2.36. The van der Waals surface area contributed by atoms with Crippen LogP contribution in [0.4, 0.5) is 0 Å². The molecule has 3 atom stereocenters. The minimum Gasteiger partial charge on any atom is -0.472 e. The molecule has 7 nitrogen and oxygen atoms in total. The Kier molecular flexibility index (Phi) is 8.25. The van der Waals surface area contributed by atoms with Crippen molar-refractivity contribution in [2.75, 3.05) is 46.6 Å². The van der Waals surface area contributed by atoms with Gasteiger partial charge in [0.2, 0.25) is 6.79 Å². The molecule has 3 unspecified atom stereocenters. The fourth-order valence-electron chi connectivity index (χ4n) is 4.88. The molecular weight excluding hydrogens is 434 g/mol. The van der Waals surface area contributed by atoms with E-state index in [1.54, 1.807) is 0 Å². The van der Waals surface area contributed by atoms with Crippen LogP contribution in [-0.4, -0.2) is 57.1 Å². The van der Waals surface area contributed by atoms with Gasteiger partial charge in [0.15, 0.2) is 19.3 Å². The van der Waals surface area contributed by atoms with Crippen molar-refractivity contribution in [1.29, 1.82) is 0 Å². The molecule has 186 valence electrons. The van der Waals surface area contributed by atoms with E-state index in [2.05, 4.69) is 49.8 Å². The van der Waals surface area contributed by atoms with Gasteiger partial charge in [-0.1, -0.05) is 43.9 Å². The molecule has 1 fully saturated rings. The van der Waals surface area contributed by atoms with Crippen LogP contribution in [0, 0.1) is 23.7 Å². The lowest BCUT2D eigenvalue weighted by atomic mass is 9.88. The van der Waals surface area contributed by atoms with Crippen molar-refractivity contribution in [3.63, 3.8) is 0 Å². The zero-order valence-electron chi connectivity index (χ0n) is 20.5. The van der Waals surface area contributed by atoms with Gasteiger partial charge in [0.05, 0.1) is 5.76 Å². The van der Waals surface area contributed by atoms with Gasteiger partial charge in [0.25, 0.3) is 0 Å². The van der Waals surface area contributed by atoms with Crippen LogP contribution in [0.3, 0.4) is 0 Å². The Labute approximate surface area is 203 Å². The van der Waals surface area contributed by atoms with Crippen molar-refractivity contribution in [2.24, 2.45) is 11.8 Å². The first-order chi connectivity index (χ1) is 16.4. The third-order valence-electron chi connectivity index (χ3n) is 6.91. The van der Waals surface area contributed by atoms with Crippen molar-refractivity contribution in [3.05, 3.63) is 47.8 Å². The van der Waals surface area contributed by atoms with Crippen LogP contribution in [0.1, 0.15) is 46.0 Å². The molecule has 3 heterocycles. The topological polar surface area (TPSA) is 58.6 Å². The summed E-state index contributed by atoms with van der Waals surface area (Å²) in [5.74, 6) is 10.4. The quantitative estimate of drug-likeness (QED) is 0.461. The molecule has 0 aromatic carbocycles. The van der Waals surface area contributed by atoms with Crippen LogP contribution >= 0.6 is 0 Å². The number of nitrogens with zero attached hydrogens (tertiary/aromatic N) is 1. The van der Waals surface area contributed by atoms with E-state index in [0.29, 0.717) is 25.7 Å². The maximum atomic E-state index is 5.92. The summed E-state index contributed by atoms with van der Waals surface area (Å²) in [5.41, 5.74) is 0.910. The fraction of sp³-hybridized carbons (Fsp3) is 0.630. The third-order valence-corrected chi connectivity index (χ3v) is 6.91. The molecule has 1 saturated heterocycles. The zero-order chi connectivity index (χ0) is 24.0. The molecule has 0 saturated carbocycles. The average Bonchev–Trinajstić information content (AvgIpc) is 3.42. The van der Waals surface area contributed by atoms with Gasteiger partial charge in [-0.25, -0.2) is 0 Å². The first-order valence-corrected chi connectivity index (χ1v) is 12.2. The van der Waals surface area contributed by atoms with Gasteiger partial charge < -0.3 is 28.4 Å². The Morgan fingerprint density at radius 3 is 2.82 bits per heavy atom. The number of hydrogen-bond donors (Lipinski definition) is 0. The van der Waals surface area contributed by atoms with Crippen LogP contribution in [0.5, 0.6) is 0 Å². The molecule has 0 N–H and O–H groups in total. The van der Waals surface area contributed by atoms with Gasteiger partial charge in [-0.05, 0) is 31.8 Å². The van der Waals surface area contributed by atoms with Gasteiger partial charge in [-0.15, -0.1) is 0 Å². The maximum Gasteiger partial charge on any atom is 0.230 e. The Morgan fingerprint density at radius 1 is 1.15 bits per heavy atom. The molecule has 0 aromatic heterocycles. The monoisotopic (exact) mass is 471 g/mol. The van der Waals surface area contributed by atoms with Gasteiger partial charge >= 0.3 is 0 Å². The summed E-state index contributed by atoms with van der Waals surface area (Å²) in [6.07, 6.45) is 6.61. The average molecular weight is 472 g/mol. The lowest BCUT2D eigenvalue weighted by Gasteiger charge is -2.33. The molecule has 7 heteroatoms. The van der Waals surface area contributed by atoms with E-state index in [9.17, 15) is 0 Å². The van der Waals surface area contributed by atoms with Crippen molar-refractivity contribution >= 4 is 0 Å². The molecule has 0 spiro atoms. The summed E-state index contributed by atoms with van der Waals surface area (Å²) in [4.78, 5) is 2.51. The second-order valence-electron chi connectivity index (χ2n) is 9.60. The number of hydrogen-bond acceptors (Lipinski definition) is 7. The second kappa shape index (κ2) is 11.4. The maximum absolute atomic E-state index is 5.92. The van der Waals surface area contributed by atoms with E-state index >= 15 is 0 Å². The molecule has 1 aliphatic carbocycles. The SMILES string of the molecule is C=C1CC(CN(CC2=CC3=C(CC2)OCO3)CC(CC)CC2(C)OCOC2=C)C#CCOCO1. The van der Waals surface area contributed by atoms with Crippen LogP contribution in [0.15, 0.2) is 47.8 Å². The molecule has 0 bridgehead atoms. The molecule has 4 aliphatic rings. The number of ether oxygens (including phenoxy) is 6. The Morgan fingerprint density at radius 2 is 2.03 bits per heavy atom. The Balaban J connectivity index is 1.49. The lowest BCUT2D eigenvalue weighted by Crippen LogP contribution is -2.38. The smallest absolute Gasteiger partial charge is 0.230 e. The molecular formula is C27H37NO6. The Bertz CT molecular complexity index is 897. The first-order valence-electron chi connectivity index (χ1n) is 12.2. The van der Waals surface area contributed by atoms with Crippen molar-refractivity contribution in [2.45, 2.75) is 51.6 Å². The van der Waals surface area contributed by atoms with Crippen LogP contribution in [-0.2, 0) is 28.4 Å².